The van der Waals surface area contributed by atoms with Crippen molar-refractivity contribution >= 4 is 15.9 Å². The monoisotopic (exact) mass is 391 g/mol. The largest absolute Gasteiger partial charge is 0.353 e. The Kier molecular flexibility index (Phi) is 5.27. The molecule has 0 bridgehead atoms. The van der Waals surface area contributed by atoms with Gasteiger partial charge in [0.15, 0.2) is 0 Å². The first-order valence-electron chi connectivity index (χ1n) is 10.0. The van der Waals surface area contributed by atoms with Crippen molar-refractivity contribution in [3.8, 4) is 0 Å². The van der Waals surface area contributed by atoms with Crippen LogP contribution in [0.4, 0.5) is 0 Å². The van der Waals surface area contributed by atoms with E-state index in [4.69, 9.17) is 0 Å². The van der Waals surface area contributed by atoms with E-state index in [1.807, 2.05) is 30.3 Å². The van der Waals surface area contributed by atoms with E-state index < -0.39 is 10.0 Å². The molecule has 1 unspecified atom stereocenters. The zero-order valence-corrected chi connectivity index (χ0v) is 16.5. The van der Waals surface area contributed by atoms with Crippen LogP contribution in [0, 0.1) is 11.3 Å². The summed E-state index contributed by atoms with van der Waals surface area (Å²) in [6, 6.07) is 9.39. The Hall–Kier alpha value is -1.44. The minimum absolute atomic E-state index is 0.0451. The molecule has 3 aliphatic rings. The lowest BCUT2D eigenvalue weighted by atomic mass is 9.91. The first-order valence-corrected chi connectivity index (χ1v) is 11.6. The average Bonchev–Trinajstić information content (AvgIpc) is 3.36. The fraction of sp³-hybridized carbons (Fsp3) is 0.650. The van der Waals surface area contributed by atoms with E-state index in [0.717, 1.165) is 37.9 Å². The molecule has 7 heteroatoms. The molecule has 1 amide bonds. The molecule has 2 N–H and O–H groups in total. The maximum atomic E-state index is 12.6. The molecule has 6 nitrogen and oxygen atoms in total. The highest BCUT2D eigenvalue weighted by molar-refractivity contribution is 7.88. The number of hydrogen-bond donors (Lipinski definition) is 2. The number of piperidine rings is 2. The van der Waals surface area contributed by atoms with Crippen LogP contribution in [0.25, 0.3) is 0 Å². The van der Waals surface area contributed by atoms with Crippen molar-refractivity contribution in [3.05, 3.63) is 35.9 Å². The van der Waals surface area contributed by atoms with Crippen LogP contribution in [0.1, 0.15) is 37.7 Å². The molecular formula is C20H29N3O3S. The number of carbonyl (C=O) groups excluding carboxylic acids is 1. The summed E-state index contributed by atoms with van der Waals surface area (Å²) in [5.41, 5.74) is 1.06. The maximum absolute atomic E-state index is 12.6. The van der Waals surface area contributed by atoms with E-state index in [9.17, 15) is 13.2 Å². The molecule has 1 atom stereocenters. The highest BCUT2D eigenvalue weighted by atomic mass is 32.2. The molecule has 4 rings (SSSR count). The van der Waals surface area contributed by atoms with Crippen molar-refractivity contribution < 1.29 is 13.2 Å². The van der Waals surface area contributed by atoms with Crippen LogP contribution in [-0.4, -0.2) is 50.9 Å². The van der Waals surface area contributed by atoms with E-state index in [-0.39, 0.29) is 29.0 Å². The molecule has 1 saturated carbocycles. The minimum Gasteiger partial charge on any atom is -0.353 e. The molecule has 0 radical (unpaired) electrons. The Morgan fingerprint density at radius 3 is 2.48 bits per heavy atom. The van der Waals surface area contributed by atoms with Gasteiger partial charge in [-0.05, 0) is 56.2 Å². The summed E-state index contributed by atoms with van der Waals surface area (Å²) >= 11 is 0. The van der Waals surface area contributed by atoms with Gasteiger partial charge in [-0.2, -0.15) is 0 Å². The van der Waals surface area contributed by atoms with Gasteiger partial charge in [0.2, 0.25) is 15.9 Å². The lowest BCUT2D eigenvalue weighted by Gasteiger charge is -2.32. The van der Waals surface area contributed by atoms with Gasteiger partial charge in [0.05, 0.1) is 5.75 Å². The molecule has 0 aromatic heterocycles. The van der Waals surface area contributed by atoms with Gasteiger partial charge in [0, 0.05) is 25.0 Å². The van der Waals surface area contributed by atoms with Gasteiger partial charge in [0.1, 0.15) is 0 Å². The van der Waals surface area contributed by atoms with Gasteiger partial charge in [-0.1, -0.05) is 30.3 Å². The van der Waals surface area contributed by atoms with E-state index in [1.165, 1.54) is 0 Å². The molecule has 148 valence electrons. The van der Waals surface area contributed by atoms with E-state index >= 15 is 0 Å². The summed E-state index contributed by atoms with van der Waals surface area (Å²) in [4.78, 5) is 12.6. The van der Waals surface area contributed by atoms with Crippen molar-refractivity contribution in [1.82, 2.24) is 14.9 Å². The zero-order chi connectivity index (χ0) is 18.9. The smallest absolute Gasteiger partial charge is 0.223 e. The number of nitrogens with one attached hydrogen (secondary N) is 2. The van der Waals surface area contributed by atoms with Crippen LogP contribution in [0.5, 0.6) is 0 Å². The van der Waals surface area contributed by atoms with Crippen LogP contribution in [-0.2, 0) is 20.6 Å². The lowest BCUT2D eigenvalue weighted by Crippen LogP contribution is -2.47. The number of hydrogen-bond acceptors (Lipinski definition) is 4. The fourth-order valence-electron chi connectivity index (χ4n) is 4.65. The van der Waals surface area contributed by atoms with Crippen LogP contribution in [0.15, 0.2) is 30.3 Å². The number of sulfonamides is 1. The van der Waals surface area contributed by atoms with Crippen molar-refractivity contribution in [3.63, 3.8) is 0 Å². The van der Waals surface area contributed by atoms with E-state index in [0.29, 0.717) is 25.9 Å². The lowest BCUT2D eigenvalue weighted by molar-refractivity contribution is -0.124. The SMILES string of the molecule is O=C(NC1CCN(S(=O)(=O)Cc2ccccc2)CC1)C1CC12CCNCC2. The Bertz CT molecular complexity index is 767. The number of rotatable bonds is 5. The zero-order valence-electron chi connectivity index (χ0n) is 15.7. The highest BCUT2D eigenvalue weighted by Gasteiger charge is 2.57. The Labute approximate surface area is 161 Å². The average molecular weight is 392 g/mol. The second-order valence-corrected chi connectivity index (χ2v) is 10.3. The molecule has 2 aliphatic heterocycles. The normalized spacial score (nSPS) is 26.0. The van der Waals surface area contributed by atoms with Crippen LogP contribution in [0.3, 0.4) is 0 Å². The standard InChI is InChI=1S/C20H29N3O3S/c24-19(18-14-20(18)8-10-21-11-9-20)22-17-6-12-23(13-7-17)27(25,26)15-16-4-2-1-3-5-16/h1-5,17-18,21H,6-15H2,(H,22,24). The Balaban J connectivity index is 1.26. The van der Waals surface area contributed by atoms with Crippen molar-refractivity contribution in [1.29, 1.82) is 0 Å². The summed E-state index contributed by atoms with van der Waals surface area (Å²) in [6.45, 7) is 3.00. The summed E-state index contributed by atoms with van der Waals surface area (Å²) < 4.78 is 26.9. The molecule has 2 heterocycles. The minimum atomic E-state index is -3.30. The van der Waals surface area contributed by atoms with E-state index in [1.54, 1.807) is 4.31 Å². The highest BCUT2D eigenvalue weighted by Crippen LogP contribution is 2.58. The second kappa shape index (κ2) is 7.53. The third-order valence-electron chi connectivity index (χ3n) is 6.49. The summed E-state index contributed by atoms with van der Waals surface area (Å²) in [5, 5.41) is 6.56. The number of benzene rings is 1. The summed E-state index contributed by atoms with van der Waals surface area (Å²) in [7, 11) is -3.30. The predicted molar refractivity (Wildman–Crippen MR) is 104 cm³/mol. The Morgan fingerprint density at radius 2 is 1.81 bits per heavy atom. The Morgan fingerprint density at radius 1 is 1.15 bits per heavy atom. The maximum Gasteiger partial charge on any atom is 0.223 e. The van der Waals surface area contributed by atoms with Gasteiger partial charge in [0.25, 0.3) is 0 Å². The second-order valence-electron chi connectivity index (χ2n) is 8.29. The van der Waals surface area contributed by atoms with Gasteiger partial charge < -0.3 is 10.6 Å². The first-order chi connectivity index (χ1) is 13.0. The van der Waals surface area contributed by atoms with Crippen molar-refractivity contribution in [2.24, 2.45) is 11.3 Å². The quantitative estimate of drug-likeness (QED) is 0.797. The van der Waals surface area contributed by atoms with Crippen molar-refractivity contribution in [2.45, 2.75) is 43.9 Å². The molecule has 1 aliphatic carbocycles. The van der Waals surface area contributed by atoms with Gasteiger partial charge in [-0.15, -0.1) is 0 Å². The van der Waals surface area contributed by atoms with Crippen molar-refractivity contribution in [2.75, 3.05) is 26.2 Å². The summed E-state index contributed by atoms with van der Waals surface area (Å²) in [6.07, 6.45) is 4.61. The molecule has 1 aromatic carbocycles. The molecular weight excluding hydrogens is 362 g/mol. The number of carbonyl (C=O) groups is 1. The number of nitrogens with zero attached hydrogens (tertiary/aromatic N) is 1. The molecule has 2 saturated heterocycles. The van der Waals surface area contributed by atoms with Gasteiger partial charge in [-0.25, -0.2) is 12.7 Å². The molecule has 27 heavy (non-hydrogen) atoms. The predicted octanol–water partition coefficient (Wildman–Crippen LogP) is 1.49. The van der Waals surface area contributed by atoms with Gasteiger partial charge in [-0.3, -0.25) is 4.79 Å². The first kappa shape index (κ1) is 18.9. The fourth-order valence-corrected chi connectivity index (χ4v) is 6.22. The topological polar surface area (TPSA) is 78.5 Å². The number of amides is 1. The summed E-state index contributed by atoms with van der Waals surface area (Å²) in [5.74, 6) is 0.394. The molecule has 1 aromatic rings. The van der Waals surface area contributed by atoms with Crippen LogP contribution in [0.2, 0.25) is 0 Å². The van der Waals surface area contributed by atoms with E-state index in [2.05, 4.69) is 10.6 Å². The van der Waals surface area contributed by atoms with Crippen LogP contribution >= 0.6 is 0 Å². The third-order valence-corrected chi connectivity index (χ3v) is 8.34. The van der Waals surface area contributed by atoms with Gasteiger partial charge >= 0.3 is 0 Å². The van der Waals surface area contributed by atoms with Crippen LogP contribution < -0.4 is 10.6 Å². The molecule has 1 spiro atoms. The third kappa shape index (κ3) is 4.20. The molecule has 3 fully saturated rings.